The maximum absolute atomic E-state index is 5.85. The first-order chi connectivity index (χ1) is 55.0. The molecule has 3 nitrogen and oxygen atoms in total. The minimum absolute atomic E-state index is 0.828. The fourth-order valence-corrected chi connectivity index (χ4v) is 20.8. The molecule has 0 spiro atoms. The molecule has 20 aromatic rings. The molecule has 0 radical (unpaired) electrons. The van der Waals surface area contributed by atoms with Crippen LogP contribution in [0.3, 0.4) is 0 Å². The third-order valence-electron chi connectivity index (χ3n) is 20.5. The summed E-state index contributed by atoms with van der Waals surface area (Å²) in [6, 6.07) is 161. The van der Waals surface area contributed by atoms with Crippen LogP contribution in [0.2, 0.25) is 0 Å². The van der Waals surface area contributed by atoms with Gasteiger partial charge in [-0.2, -0.15) is 0 Å². The Morgan fingerprint density at radius 1 is 0.252 bits per heavy atom. The van der Waals surface area contributed by atoms with Crippen LogP contribution >= 0.6 is 31.8 Å². The number of hydrogen-bond donors (Lipinski definition) is 1. The first kappa shape index (κ1) is 71.2. The summed E-state index contributed by atoms with van der Waals surface area (Å²) in [5.74, 6) is 0. The van der Waals surface area contributed by atoms with E-state index < -0.39 is 15.8 Å². The Bertz CT molecular complexity index is 6310. The number of hydrogen-bond acceptors (Lipinski definition) is 1. The predicted octanol–water partition coefficient (Wildman–Crippen LogP) is 25.7. The number of anilines is 1. The minimum Gasteiger partial charge on any atom is -0.398 e. The van der Waals surface area contributed by atoms with E-state index in [1.807, 2.05) is 48.5 Å². The predicted molar refractivity (Wildman–Crippen MR) is 485 cm³/mol. The molecule has 0 unspecified atom stereocenters. The fraction of sp³-hybridized carbons (Fsp3) is 0.00952. The number of fused-ring (bicyclic) bond motifs is 8. The molecule has 0 saturated carbocycles. The van der Waals surface area contributed by atoms with Crippen molar-refractivity contribution in [2.24, 2.45) is 0 Å². The summed E-state index contributed by atoms with van der Waals surface area (Å²) in [7, 11) is -1.70. The van der Waals surface area contributed by atoms with Crippen molar-refractivity contribution in [1.82, 2.24) is 9.13 Å². The third-order valence-corrected chi connectivity index (χ3v) is 26.0. The van der Waals surface area contributed by atoms with Crippen LogP contribution in [0.5, 0.6) is 0 Å². The molecule has 530 valence electrons. The highest BCUT2D eigenvalue weighted by molar-refractivity contribution is 9.10. The topological polar surface area (TPSA) is 35.9 Å². The zero-order valence-electron chi connectivity index (χ0n) is 61.2. The number of para-hydroxylation sites is 5. The monoisotopic (exact) mass is 1520 g/mol. The molecular weight excluding hydrogens is 1450 g/mol. The lowest BCUT2D eigenvalue weighted by atomic mass is 9.93. The van der Waals surface area contributed by atoms with Gasteiger partial charge in [-0.25, -0.2) is 0 Å². The van der Waals surface area contributed by atoms with Crippen molar-refractivity contribution < 1.29 is 0 Å². The summed E-state index contributed by atoms with van der Waals surface area (Å²) < 4.78 is 5.80. The molecular formula is C105H78BrN3P2. The van der Waals surface area contributed by atoms with Gasteiger partial charge >= 0.3 is 0 Å². The van der Waals surface area contributed by atoms with Gasteiger partial charge in [0.1, 0.15) is 0 Å². The molecule has 0 amide bonds. The second kappa shape index (κ2) is 33.4. The van der Waals surface area contributed by atoms with Crippen LogP contribution in [-0.2, 0) is 6.42 Å². The number of nitrogens with zero attached hydrogens (tertiary/aromatic N) is 2. The van der Waals surface area contributed by atoms with Crippen LogP contribution in [0, 0.1) is 0 Å². The van der Waals surface area contributed by atoms with Crippen LogP contribution < -0.4 is 37.6 Å². The van der Waals surface area contributed by atoms with Crippen molar-refractivity contribution in [3.05, 3.63) is 465 Å². The number of rotatable bonds is 13. The van der Waals surface area contributed by atoms with Crippen molar-refractivity contribution in [2.75, 3.05) is 5.73 Å². The minimum atomic E-state index is -0.852. The number of benzene rings is 18. The van der Waals surface area contributed by atoms with Gasteiger partial charge in [-0.1, -0.05) is 392 Å². The van der Waals surface area contributed by atoms with Crippen molar-refractivity contribution in [3.63, 3.8) is 0 Å². The Kier molecular flexibility index (Phi) is 21.4. The standard InChI is InChI=1S/C44H32P2.C31H23N.C18H12BrN.C12H11N/c1-5-19-35(20-6-1)45(36-21-7-2-8-22-36)41-31-29-33-17-13-15-27-39(33)43(41)44-40-28-16-14-18-34(40)30-32-42(44)46(37-23-9-3-10-24-37)38-25-11-4-12-26-38;1-3-11-24(12-4-1)27-16-8-7-13-25(27)21-23-19-20-31-29(22-23)28-17-9-10-18-30(28)32(31)26-14-5-2-6-15-26;19-13-10-11-18-16(12-13)15-8-4-5-9-17(15)20(18)14-6-2-1-3-7-14;13-12-9-5-4-8-11(12)10-6-2-1-3-7-10/h1-32H;1-20,22H,21H2;1-12H;1-9H,13H2. The summed E-state index contributed by atoms with van der Waals surface area (Å²) in [6.45, 7) is 0. The van der Waals surface area contributed by atoms with E-state index >= 15 is 0 Å². The largest absolute Gasteiger partial charge is 0.398 e. The summed E-state index contributed by atoms with van der Waals surface area (Å²) in [4.78, 5) is 0. The highest BCUT2D eigenvalue weighted by atomic mass is 79.9. The van der Waals surface area contributed by atoms with Crippen molar-refractivity contribution in [3.8, 4) is 44.8 Å². The zero-order chi connectivity index (χ0) is 74.7. The Labute approximate surface area is 660 Å². The normalized spacial score (nSPS) is 11.2. The SMILES string of the molecule is Brc1ccc2c(c1)c1ccccc1n2-c1ccccc1.Nc1ccccc1-c1ccccc1.c1ccc(-c2ccccc2Cc2ccc3c(c2)c2ccccc2n3-c2ccccc2)cc1.c1ccc(P(c2ccccc2)c2ccc3ccccc3c2-c2c(P(c3ccccc3)c3ccccc3)ccc3ccccc23)cc1. The van der Waals surface area contributed by atoms with Crippen molar-refractivity contribution >= 4 is 134 Å². The maximum atomic E-state index is 5.85. The Morgan fingerprint density at radius 3 is 1.04 bits per heavy atom. The molecule has 2 aromatic heterocycles. The van der Waals surface area contributed by atoms with Crippen LogP contribution in [0.4, 0.5) is 5.69 Å². The Balaban J connectivity index is 0.000000118. The quantitative estimate of drug-likeness (QED) is 0.0906. The highest BCUT2D eigenvalue weighted by Gasteiger charge is 2.29. The Morgan fingerprint density at radius 2 is 0.586 bits per heavy atom. The smallest absolute Gasteiger partial charge is 0.0541 e. The van der Waals surface area contributed by atoms with E-state index in [0.717, 1.165) is 22.1 Å². The van der Waals surface area contributed by atoms with Crippen LogP contribution in [0.25, 0.3) is 110 Å². The van der Waals surface area contributed by atoms with E-state index in [9.17, 15) is 0 Å². The van der Waals surface area contributed by atoms with Gasteiger partial charge in [0.25, 0.3) is 0 Å². The van der Waals surface area contributed by atoms with Gasteiger partial charge in [-0.15, -0.1) is 0 Å². The molecule has 2 N–H and O–H groups in total. The zero-order valence-corrected chi connectivity index (χ0v) is 64.6. The molecule has 0 aliphatic heterocycles. The maximum Gasteiger partial charge on any atom is 0.0541 e. The average Bonchev–Trinajstić information content (AvgIpc) is 0.851. The molecule has 18 aromatic carbocycles. The average molecular weight is 1520 g/mol. The lowest BCUT2D eigenvalue weighted by Crippen LogP contribution is -2.26. The van der Waals surface area contributed by atoms with Gasteiger partial charge in [0.15, 0.2) is 0 Å². The summed E-state index contributed by atoms with van der Waals surface area (Å²) in [5.41, 5.74) is 24.3. The highest BCUT2D eigenvalue weighted by Crippen LogP contribution is 2.46. The summed E-state index contributed by atoms with van der Waals surface area (Å²) >= 11 is 3.57. The molecule has 2 heterocycles. The molecule has 6 heteroatoms. The van der Waals surface area contributed by atoms with E-state index in [1.165, 1.54) is 147 Å². The number of nitrogens with two attached hydrogens (primary N) is 1. The molecule has 111 heavy (non-hydrogen) atoms. The molecule has 0 bridgehead atoms. The van der Waals surface area contributed by atoms with Crippen LogP contribution in [0.15, 0.2) is 453 Å². The molecule has 20 rings (SSSR count). The lowest BCUT2D eigenvalue weighted by Gasteiger charge is -2.28. The number of nitrogen functional groups attached to an aromatic ring is 1. The summed E-state index contributed by atoms with van der Waals surface area (Å²) in [6.07, 6.45) is 0.909. The van der Waals surface area contributed by atoms with Crippen LogP contribution in [0.1, 0.15) is 11.1 Å². The van der Waals surface area contributed by atoms with Gasteiger partial charge in [0.2, 0.25) is 0 Å². The van der Waals surface area contributed by atoms with Crippen LogP contribution in [-0.4, -0.2) is 9.13 Å². The van der Waals surface area contributed by atoms with Crippen molar-refractivity contribution in [2.45, 2.75) is 6.42 Å². The first-order valence-corrected chi connectivity index (χ1v) is 41.1. The molecule has 0 aliphatic carbocycles. The molecule has 0 fully saturated rings. The number of halogens is 1. The second-order valence-electron chi connectivity index (χ2n) is 27.4. The van der Waals surface area contributed by atoms with E-state index in [0.29, 0.717) is 0 Å². The first-order valence-electron chi connectivity index (χ1n) is 37.7. The van der Waals surface area contributed by atoms with Crippen molar-refractivity contribution in [1.29, 1.82) is 0 Å². The van der Waals surface area contributed by atoms with E-state index in [2.05, 4.69) is 425 Å². The van der Waals surface area contributed by atoms with Gasteiger partial charge in [-0.05, 0) is 187 Å². The van der Waals surface area contributed by atoms with Gasteiger partial charge in [0, 0.05) is 48.6 Å². The molecule has 0 aliphatic rings. The van der Waals surface area contributed by atoms with Gasteiger partial charge < -0.3 is 14.9 Å². The Hall–Kier alpha value is -12.8. The van der Waals surface area contributed by atoms with E-state index in [1.54, 1.807) is 0 Å². The van der Waals surface area contributed by atoms with Gasteiger partial charge in [0.05, 0.1) is 22.1 Å². The summed E-state index contributed by atoms with van der Waals surface area (Å²) in [5, 5.41) is 18.5. The second-order valence-corrected chi connectivity index (χ2v) is 32.7. The molecule has 0 saturated heterocycles. The third kappa shape index (κ3) is 15.1. The van der Waals surface area contributed by atoms with Gasteiger partial charge in [-0.3, -0.25) is 0 Å². The lowest BCUT2D eigenvalue weighted by molar-refractivity contribution is 1.17. The fourth-order valence-electron chi connectivity index (χ4n) is 15.5. The number of aromatic nitrogens is 2. The van der Waals surface area contributed by atoms with E-state index in [4.69, 9.17) is 5.73 Å². The molecule has 0 atom stereocenters. The van der Waals surface area contributed by atoms with E-state index in [-0.39, 0.29) is 0 Å².